The lowest BCUT2D eigenvalue weighted by Crippen LogP contribution is -2.62. The SMILES string of the molecule is CC(C)(O)CCC(O)[C@@](C)(O)C1CC[C@]2(O)C3=C/C(=N\O)[C@H]4C[C@H](O)[C@H](O)C[C@@]4(C)C3CC[C@@]12C. The van der Waals surface area contributed by atoms with Gasteiger partial charge in [0.05, 0.1) is 40.8 Å². The van der Waals surface area contributed by atoms with Gasteiger partial charge in [0.1, 0.15) is 0 Å². The van der Waals surface area contributed by atoms with Crippen LogP contribution >= 0.6 is 0 Å². The van der Waals surface area contributed by atoms with Gasteiger partial charge in [0.25, 0.3) is 0 Å². The van der Waals surface area contributed by atoms with Gasteiger partial charge in [0.2, 0.25) is 0 Å². The largest absolute Gasteiger partial charge is 0.411 e. The van der Waals surface area contributed by atoms with Crippen LogP contribution in [-0.4, -0.2) is 76.7 Å². The zero-order chi connectivity index (χ0) is 26.2. The van der Waals surface area contributed by atoms with Crippen molar-refractivity contribution in [2.75, 3.05) is 0 Å². The second kappa shape index (κ2) is 8.50. The molecule has 4 aliphatic rings. The first-order chi connectivity index (χ1) is 16.0. The fourth-order valence-electron chi connectivity index (χ4n) is 8.44. The van der Waals surface area contributed by atoms with Crippen LogP contribution in [0.15, 0.2) is 16.8 Å². The zero-order valence-corrected chi connectivity index (χ0v) is 21.8. The summed E-state index contributed by atoms with van der Waals surface area (Å²) in [6.45, 7) is 9.04. The van der Waals surface area contributed by atoms with E-state index in [4.69, 9.17) is 0 Å². The molecule has 8 nitrogen and oxygen atoms in total. The lowest BCUT2D eigenvalue weighted by atomic mass is 9.45. The van der Waals surface area contributed by atoms with Crippen molar-refractivity contribution in [3.63, 3.8) is 0 Å². The second-order valence-corrected chi connectivity index (χ2v) is 13.3. The summed E-state index contributed by atoms with van der Waals surface area (Å²) in [7, 11) is 0. The average molecular weight is 496 g/mol. The lowest BCUT2D eigenvalue weighted by molar-refractivity contribution is -0.172. The van der Waals surface area contributed by atoms with E-state index in [0.717, 1.165) is 12.0 Å². The van der Waals surface area contributed by atoms with E-state index in [9.17, 15) is 35.8 Å². The summed E-state index contributed by atoms with van der Waals surface area (Å²) in [5.74, 6) is -0.656. The quantitative estimate of drug-likeness (QED) is 0.228. The number of fused-ring (bicyclic) bond motifs is 5. The lowest BCUT2D eigenvalue weighted by Gasteiger charge is -2.61. The summed E-state index contributed by atoms with van der Waals surface area (Å²) in [5, 5.41) is 79.3. The molecular formula is C27H45NO7. The molecule has 3 saturated carbocycles. The average Bonchev–Trinajstić information content (AvgIpc) is 3.04. The van der Waals surface area contributed by atoms with Gasteiger partial charge < -0.3 is 35.8 Å². The summed E-state index contributed by atoms with van der Waals surface area (Å²) in [5.41, 5.74) is -3.66. The molecule has 35 heavy (non-hydrogen) atoms. The van der Waals surface area contributed by atoms with E-state index in [2.05, 4.69) is 12.1 Å². The van der Waals surface area contributed by atoms with Crippen LogP contribution in [0.4, 0.5) is 0 Å². The maximum atomic E-state index is 12.3. The molecule has 0 aromatic carbocycles. The smallest absolute Gasteiger partial charge is 0.0920 e. The Balaban J connectivity index is 1.70. The number of nitrogens with zero attached hydrogens (tertiary/aromatic N) is 1. The van der Waals surface area contributed by atoms with Crippen molar-refractivity contribution in [2.45, 2.75) is 121 Å². The molecular weight excluding hydrogens is 450 g/mol. The van der Waals surface area contributed by atoms with Crippen molar-refractivity contribution in [3.8, 4) is 0 Å². The monoisotopic (exact) mass is 495 g/mol. The molecule has 0 aromatic heterocycles. The fourth-order valence-corrected chi connectivity index (χ4v) is 8.44. The van der Waals surface area contributed by atoms with E-state index in [1.807, 2.05) is 6.92 Å². The third-order valence-corrected chi connectivity index (χ3v) is 10.7. The highest BCUT2D eigenvalue weighted by molar-refractivity contribution is 5.99. The summed E-state index contributed by atoms with van der Waals surface area (Å²) in [6.07, 6.45) is 2.53. The van der Waals surface area contributed by atoms with Crippen LogP contribution in [0.25, 0.3) is 0 Å². The van der Waals surface area contributed by atoms with Crippen LogP contribution in [0.3, 0.4) is 0 Å². The van der Waals surface area contributed by atoms with Crippen LogP contribution < -0.4 is 0 Å². The number of rotatable bonds is 5. The van der Waals surface area contributed by atoms with Crippen molar-refractivity contribution in [1.82, 2.24) is 0 Å². The van der Waals surface area contributed by atoms with Gasteiger partial charge in [-0.05, 0) is 101 Å². The zero-order valence-electron chi connectivity index (χ0n) is 21.8. The Hall–Kier alpha value is -1.03. The molecule has 0 amide bonds. The molecule has 0 spiro atoms. The Bertz CT molecular complexity index is 894. The van der Waals surface area contributed by atoms with Crippen LogP contribution in [0.1, 0.15) is 86.0 Å². The molecule has 0 bridgehead atoms. The predicted octanol–water partition coefficient (Wildman–Crippen LogP) is 2.12. The van der Waals surface area contributed by atoms with E-state index < -0.39 is 45.9 Å². The summed E-state index contributed by atoms with van der Waals surface area (Å²) < 4.78 is 0. The number of hydrogen-bond donors (Lipinski definition) is 7. The van der Waals surface area contributed by atoms with Gasteiger partial charge in [-0.25, -0.2) is 0 Å². The van der Waals surface area contributed by atoms with Gasteiger partial charge in [-0.3, -0.25) is 0 Å². The topological polar surface area (TPSA) is 154 Å². The van der Waals surface area contributed by atoms with Crippen molar-refractivity contribution in [3.05, 3.63) is 11.6 Å². The first-order valence-electron chi connectivity index (χ1n) is 13.2. The van der Waals surface area contributed by atoms with Crippen molar-refractivity contribution in [1.29, 1.82) is 0 Å². The Kier molecular flexibility index (Phi) is 6.56. The van der Waals surface area contributed by atoms with Gasteiger partial charge in [-0.2, -0.15) is 0 Å². The van der Waals surface area contributed by atoms with E-state index in [0.29, 0.717) is 44.2 Å². The molecule has 4 rings (SSSR count). The predicted molar refractivity (Wildman–Crippen MR) is 131 cm³/mol. The highest BCUT2D eigenvalue weighted by Gasteiger charge is 2.68. The molecule has 0 aliphatic heterocycles. The van der Waals surface area contributed by atoms with Gasteiger partial charge in [0.15, 0.2) is 0 Å². The van der Waals surface area contributed by atoms with Crippen molar-refractivity contribution >= 4 is 5.71 Å². The first kappa shape index (κ1) is 27.0. The molecule has 3 fully saturated rings. The van der Waals surface area contributed by atoms with Crippen LogP contribution in [0.2, 0.25) is 0 Å². The van der Waals surface area contributed by atoms with Crippen LogP contribution in [0.5, 0.6) is 0 Å². The van der Waals surface area contributed by atoms with Crippen molar-refractivity contribution < 1.29 is 35.8 Å². The minimum atomic E-state index is -1.46. The number of aliphatic hydroxyl groups excluding tert-OH is 3. The van der Waals surface area contributed by atoms with Crippen molar-refractivity contribution in [2.24, 2.45) is 33.7 Å². The van der Waals surface area contributed by atoms with Gasteiger partial charge in [-0.15, -0.1) is 0 Å². The molecule has 3 unspecified atom stereocenters. The molecule has 200 valence electrons. The van der Waals surface area contributed by atoms with Crippen LogP contribution in [-0.2, 0) is 0 Å². The Morgan fingerprint density at radius 1 is 1.06 bits per heavy atom. The molecule has 10 atom stereocenters. The van der Waals surface area contributed by atoms with Crippen LogP contribution in [0, 0.1) is 28.6 Å². The molecule has 0 aromatic rings. The highest BCUT2D eigenvalue weighted by atomic mass is 16.4. The number of oxime groups is 1. The second-order valence-electron chi connectivity index (χ2n) is 13.3. The number of hydrogen-bond acceptors (Lipinski definition) is 8. The standard InChI is InChI=1S/C27H45NO7/c1-23(2,32)9-8-22(31)26(5,33)21-7-11-27(34)16-12-18(28-35)17-13-19(29)20(30)14-24(17,3)15(16)6-10-25(21,27)4/h12,15,17,19-22,29-35H,6-11,13-14H2,1-5H3/b28-18+/t15?,17-,19+,20-,21?,22?,24+,25+,26+,27+/m1/s1. The van der Waals surface area contributed by atoms with E-state index in [1.165, 1.54) is 0 Å². The minimum Gasteiger partial charge on any atom is -0.411 e. The first-order valence-corrected chi connectivity index (χ1v) is 13.2. The maximum absolute atomic E-state index is 12.3. The Labute approximate surface area is 208 Å². The third kappa shape index (κ3) is 3.99. The Morgan fingerprint density at radius 2 is 1.71 bits per heavy atom. The molecule has 8 heteroatoms. The normalized spacial score (nSPS) is 47.3. The van der Waals surface area contributed by atoms with Gasteiger partial charge >= 0.3 is 0 Å². The molecule has 7 N–H and O–H groups in total. The molecule has 4 aliphatic carbocycles. The molecule has 0 radical (unpaired) electrons. The summed E-state index contributed by atoms with van der Waals surface area (Å²) >= 11 is 0. The van der Waals surface area contributed by atoms with Gasteiger partial charge in [-0.1, -0.05) is 19.0 Å². The van der Waals surface area contributed by atoms with Gasteiger partial charge in [0, 0.05) is 11.3 Å². The fraction of sp³-hybridized carbons (Fsp3) is 0.889. The Morgan fingerprint density at radius 3 is 2.31 bits per heavy atom. The summed E-state index contributed by atoms with van der Waals surface area (Å²) in [6, 6.07) is 0. The third-order valence-electron chi connectivity index (χ3n) is 10.7. The molecule has 0 heterocycles. The van der Waals surface area contributed by atoms with E-state index >= 15 is 0 Å². The minimum absolute atomic E-state index is 0.0537. The molecule has 0 saturated heterocycles. The van der Waals surface area contributed by atoms with E-state index in [-0.39, 0.29) is 24.2 Å². The van der Waals surface area contributed by atoms with E-state index in [1.54, 1.807) is 26.8 Å². The summed E-state index contributed by atoms with van der Waals surface area (Å²) in [4.78, 5) is 0. The number of aliphatic hydroxyl groups is 6. The number of allylic oxidation sites excluding steroid dienone is 1. The highest BCUT2D eigenvalue weighted by Crippen LogP contribution is 2.68. The maximum Gasteiger partial charge on any atom is 0.0920 e.